The van der Waals surface area contributed by atoms with Gasteiger partial charge < -0.3 is 10.2 Å². The normalized spacial score (nSPS) is 16.2. The van der Waals surface area contributed by atoms with Crippen LogP contribution in [-0.4, -0.2) is 36.5 Å². The molecule has 1 fully saturated rings. The van der Waals surface area contributed by atoms with Gasteiger partial charge in [0.1, 0.15) is 0 Å². The van der Waals surface area contributed by atoms with Crippen LogP contribution in [0, 0.1) is 5.92 Å². The summed E-state index contributed by atoms with van der Waals surface area (Å²) in [6.45, 7) is 7.22. The standard InChI is InChI=1S/C25H25F3N2O/c1-3-30-14-20(15-30)16(2)29-24(31)19-9-12-23-18(13-19)5-4-6-22(23)17-7-10-21(11-8-17)25(26,27)28/h4-13,16,20H,3,14-15H2,1-2H3,(H,29,31). The van der Waals surface area contributed by atoms with Crippen LogP contribution >= 0.6 is 0 Å². The van der Waals surface area contributed by atoms with Crippen LogP contribution in [0.3, 0.4) is 0 Å². The van der Waals surface area contributed by atoms with Crippen LogP contribution in [0.15, 0.2) is 60.7 Å². The van der Waals surface area contributed by atoms with Gasteiger partial charge in [0.15, 0.2) is 0 Å². The molecule has 1 heterocycles. The second-order valence-corrected chi connectivity index (χ2v) is 8.19. The summed E-state index contributed by atoms with van der Waals surface area (Å²) in [5, 5.41) is 4.87. The number of rotatable bonds is 5. The predicted molar refractivity (Wildman–Crippen MR) is 117 cm³/mol. The molecule has 1 aliphatic rings. The van der Waals surface area contributed by atoms with Gasteiger partial charge in [0, 0.05) is 30.6 Å². The van der Waals surface area contributed by atoms with E-state index in [-0.39, 0.29) is 11.9 Å². The Labute approximate surface area is 179 Å². The lowest BCUT2D eigenvalue weighted by Gasteiger charge is -2.42. The van der Waals surface area contributed by atoms with Crippen LogP contribution < -0.4 is 5.32 Å². The van der Waals surface area contributed by atoms with Gasteiger partial charge in [0.25, 0.3) is 5.91 Å². The smallest absolute Gasteiger partial charge is 0.349 e. The molecular formula is C25H25F3N2O. The summed E-state index contributed by atoms with van der Waals surface area (Å²) in [5.41, 5.74) is 1.45. The van der Waals surface area contributed by atoms with Crippen LogP contribution in [0.5, 0.6) is 0 Å². The van der Waals surface area contributed by atoms with Crippen molar-refractivity contribution in [1.29, 1.82) is 0 Å². The van der Waals surface area contributed by atoms with E-state index >= 15 is 0 Å². The summed E-state index contributed by atoms with van der Waals surface area (Å²) in [5.74, 6) is 0.361. The fourth-order valence-electron chi connectivity index (χ4n) is 4.11. The van der Waals surface area contributed by atoms with E-state index in [0.29, 0.717) is 17.0 Å². The number of fused-ring (bicyclic) bond motifs is 1. The Balaban J connectivity index is 1.55. The van der Waals surface area contributed by atoms with Crippen LogP contribution in [0.4, 0.5) is 13.2 Å². The fourth-order valence-corrected chi connectivity index (χ4v) is 4.11. The lowest BCUT2D eigenvalue weighted by atomic mass is 9.92. The van der Waals surface area contributed by atoms with Crippen molar-refractivity contribution in [3.63, 3.8) is 0 Å². The number of benzene rings is 3. The Morgan fingerprint density at radius 2 is 1.81 bits per heavy atom. The summed E-state index contributed by atoms with van der Waals surface area (Å²) in [7, 11) is 0. The number of halogens is 3. The molecule has 0 spiro atoms. The van der Waals surface area contributed by atoms with Crippen LogP contribution in [0.25, 0.3) is 21.9 Å². The van der Waals surface area contributed by atoms with Gasteiger partial charge in [-0.15, -0.1) is 0 Å². The zero-order valence-electron chi connectivity index (χ0n) is 17.5. The maximum absolute atomic E-state index is 12.9. The summed E-state index contributed by atoms with van der Waals surface area (Å²) >= 11 is 0. The van der Waals surface area contributed by atoms with E-state index in [1.807, 2.05) is 37.3 Å². The van der Waals surface area contributed by atoms with E-state index in [4.69, 9.17) is 0 Å². The highest BCUT2D eigenvalue weighted by Gasteiger charge is 2.31. The molecule has 1 aliphatic heterocycles. The van der Waals surface area contributed by atoms with Crippen molar-refractivity contribution in [1.82, 2.24) is 10.2 Å². The van der Waals surface area contributed by atoms with Crippen LogP contribution in [0.1, 0.15) is 29.8 Å². The minimum atomic E-state index is -4.36. The summed E-state index contributed by atoms with van der Waals surface area (Å²) in [4.78, 5) is 15.1. The van der Waals surface area contributed by atoms with E-state index < -0.39 is 11.7 Å². The molecule has 3 nitrogen and oxygen atoms in total. The molecule has 1 atom stereocenters. The molecule has 1 saturated heterocycles. The van der Waals surface area contributed by atoms with E-state index in [2.05, 4.69) is 17.1 Å². The third kappa shape index (κ3) is 4.44. The second kappa shape index (κ2) is 8.35. The summed E-state index contributed by atoms with van der Waals surface area (Å²) < 4.78 is 38.6. The van der Waals surface area contributed by atoms with Crippen LogP contribution in [0.2, 0.25) is 0 Å². The third-order valence-electron chi connectivity index (χ3n) is 6.16. The van der Waals surface area contributed by atoms with Gasteiger partial charge in [-0.2, -0.15) is 13.2 Å². The number of carbonyl (C=O) groups excluding carboxylic acids is 1. The first-order chi connectivity index (χ1) is 14.8. The number of alkyl halides is 3. The highest BCUT2D eigenvalue weighted by atomic mass is 19.4. The highest BCUT2D eigenvalue weighted by Crippen LogP contribution is 2.33. The van der Waals surface area contributed by atoms with Gasteiger partial charge in [-0.05, 0) is 59.6 Å². The number of carbonyl (C=O) groups is 1. The Hall–Kier alpha value is -2.86. The van der Waals surface area contributed by atoms with Crippen LogP contribution in [-0.2, 0) is 6.18 Å². The van der Waals surface area contributed by atoms with Crippen molar-refractivity contribution in [2.45, 2.75) is 26.1 Å². The van der Waals surface area contributed by atoms with E-state index in [1.54, 1.807) is 6.07 Å². The van der Waals surface area contributed by atoms with Crippen molar-refractivity contribution >= 4 is 16.7 Å². The molecule has 1 N–H and O–H groups in total. The maximum atomic E-state index is 12.9. The molecule has 0 radical (unpaired) electrons. The quantitative estimate of drug-likeness (QED) is 0.576. The minimum absolute atomic E-state index is 0.101. The first-order valence-corrected chi connectivity index (χ1v) is 10.5. The molecule has 1 unspecified atom stereocenters. The van der Waals surface area contributed by atoms with Crippen molar-refractivity contribution in [2.75, 3.05) is 19.6 Å². The number of hydrogen-bond donors (Lipinski definition) is 1. The van der Waals surface area contributed by atoms with Gasteiger partial charge in [0.2, 0.25) is 0 Å². The molecule has 162 valence electrons. The molecule has 0 bridgehead atoms. The zero-order chi connectivity index (χ0) is 22.2. The van der Waals surface area contributed by atoms with Gasteiger partial charge >= 0.3 is 6.18 Å². The number of likely N-dealkylation sites (tertiary alicyclic amines) is 1. The molecule has 1 amide bonds. The van der Waals surface area contributed by atoms with E-state index in [0.717, 1.165) is 48.1 Å². The Kier molecular flexibility index (Phi) is 5.75. The Morgan fingerprint density at radius 1 is 1.10 bits per heavy atom. The number of amides is 1. The SMILES string of the molecule is CCN1CC(C(C)NC(=O)c2ccc3c(-c4ccc(C(F)(F)F)cc4)cccc3c2)C1. The average Bonchev–Trinajstić information content (AvgIpc) is 2.71. The molecule has 6 heteroatoms. The third-order valence-corrected chi connectivity index (χ3v) is 6.16. The molecule has 3 aromatic rings. The van der Waals surface area contributed by atoms with Gasteiger partial charge in [-0.1, -0.05) is 43.3 Å². The largest absolute Gasteiger partial charge is 0.416 e. The zero-order valence-corrected chi connectivity index (χ0v) is 17.5. The first kappa shape index (κ1) is 21.4. The Morgan fingerprint density at radius 3 is 2.45 bits per heavy atom. The van der Waals surface area contributed by atoms with Crippen molar-refractivity contribution < 1.29 is 18.0 Å². The van der Waals surface area contributed by atoms with Gasteiger partial charge in [0.05, 0.1) is 5.56 Å². The van der Waals surface area contributed by atoms with Crippen molar-refractivity contribution in [2.24, 2.45) is 5.92 Å². The summed E-state index contributed by atoms with van der Waals surface area (Å²) in [6, 6.07) is 16.4. The molecule has 0 saturated carbocycles. The first-order valence-electron chi connectivity index (χ1n) is 10.5. The van der Waals surface area contributed by atoms with Gasteiger partial charge in [-0.25, -0.2) is 0 Å². The van der Waals surface area contributed by atoms with Crippen molar-refractivity contribution in [3.05, 3.63) is 71.8 Å². The summed E-state index contributed by atoms with van der Waals surface area (Å²) in [6.07, 6.45) is -4.36. The molecular weight excluding hydrogens is 401 g/mol. The molecule has 0 aliphatic carbocycles. The topological polar surface area (TPSA) is 32.3 Å². The maximum Gasteiger partial charge on any atom is 0.416 e. The molecule has 3 aromatic carbocycles. The predicted octanol–water partition coefficient (Wildman–Crippen LogP) is 5.60. The molecule has 31 heavy (non-hydrogen) atoms. The van der Waals surface area contributed by atoms with E-state index in [9.17, 15) is 18.0 Å². The Bertz CT molecular complexity index is 1090. The van der Waals surface area contributed by atoms with Gasteiger partial charge in [-0.3, -0.25) is 4.79 Å². The number of hydrogen-bond acceptors (Lipinski definition) is 2. The average molecular weight is 426 g/mol. The minimum Gasteiger partial charge on any atom is -0.349 e. The monoisotopic (exact) mass is 426 g/mol. The lowest BCUT2D eigenvalue weighted by Crippen LogP contribution is -2.55. The lowest BCUT2D eigenvalue weighted by molar-refractivity contribution is -0.137. The van der Waals surface area contributed by atoms with E-state index in [1.165, 1.54) is 12.1 Å². The fraction of sp³-hybridized carbons (Fsp3) is 0.320. The number of nitrogens with zero attached hydrogens (tertiary/aromatic N) is 1. The van der Waals surface area contributed by atoms with Crippen molar-refractivity contribution in [3.8, 4) is 11.1 Å². The molecule has 4 rings (SSSR count). The molecule has 0 aromatic heterocycles. The second-order valence-electron chi connectivity index (χ2n) is 8.19. The number of nitrogens with one attached hydrogen (secondary N) is 1. The highest BCUT2D eigenvalue weighted by molar-refractivity contribution is 6.02.